The summed E-state index contributed by atoms with van der Waals surface area (Å²) in [5.41, 5.74) is 2.30. The third kappa shape index (κ3) is 6.74. The molecule has 3 heterocycles. The van der Waals surface area contributed by atoms with Crippen molar-refractivity contribution >= 4 is 46.5 Å². The van der Waals surface area contributed by atoms with Crippen LogP contribution in [0.3, 0.4) is 0 Å². The van der Waals surface area contributed by atoms with Crippen molar-refractivity contribution < 1.29 is 33.3 Å². The SMILES string of the molecule is COCCN1CCN(c2cc(Cl)c(C(=O)N3COc4c(cccc4-c4cc(N5CCOCC5)c(C(=O)O)cc4F)C3)c(Cl)c2)C(C#N)C1. The van der Waals surface area contributed by atoms with Gasteiger partial charge in [0.05, 0.1) is 59.3 Å². The van der Waals surface area contributed by atoms with Gasteiger partial charge in [0.2, 0.25) is 0 Å². The molecule has 1 N–H and O–H groups in total. The second-order valence-corrected chi connectivity index (χ2v) is 12.6. The first-order chi connectivity index (χ1) is 23.2. The lowest BCUT2D eigenvalue weighted by molar-refractivity contribution is 0.0516. The number of carboxylic acid groups (broad SMARTS) is 1. The molecule has 0 aromatic heterocycles. The van der Waals surface area contributed by atoms with E-state index in [9.17, 15) is 20.0 Å². The molecule has 11 nitrogen and oxygen atoms in total. The zero-order chi connectivity index (χ0) is 33.9. The summed E-state index contributed by atoms with van der Waals surface area (Å²) < 4.78 is 32.2. The lowest BCUT2D eigenvalue weighted by atomic mass is 9.97. The first kappa shape index (κ1) is 33.8. The Balaban J connectivity index is 1.24. The maximum Gasteiger partial charge on any atom is 0.337 e. The fourth-order valence-electron chi connectivity index (χ4n) is 6.39. The van der Waals surface area contributed by atoms with Gasteiger partial charge in [0, 0.05) is 68.8 Å². The lowest BCUT2D eigenvalue weighted by Crippen LogP contribution is -2.53. The number of para-hydroxylation sites is 1. The molecule has 3 aromatic carbocycles. The Morgan fingerprint density at radius 1 is 1.08 bits per heavy atom. The van der Waals surface area contributed by atoms with Crippen molar-refractivity contribution in [1.82, 2.24) is 9.80 Å². The summed E-state index contributed by atoms with van der Waals surface area (Å²) in [4.78, 5) is 33.2. The van der Waals surface area contributed by atoms with Crippen molar-refractivity contribution in [3.8, 4) is 22.9 Å². The van der Waals surface area contributed by atoms with Crippen LogP contribution in [0.5, 0.6) is 5.75 Å². The molecule has 3 aliphatic heterocycles. The highest BCUT2D eigenvalue weighted by Crippen LogP contribution is 2.41. The predicted molar refractivity (Wildman–Crippen MR) is 179 cm³/mol. The molecule has 0 radical (unpaired) electrons. The molecule has 2 saturated heterocycles. The van der Waals surface area contributed by atoms with Crippen LogP contribution in [0.1, 0.15) is 26.3 Å². The molecule has 48 heavy (non-hydrogen) atoms. The van der Waals surface area contributed by atoms with Crippen molar-refractivity contribution in [2.75, 3.05) is 82.7 Å². The summed E-state index contributed by atoms with van der Waals surface area (Å²) in [5, 5.41) is 20.0. The van der Waals surface area contributed by atoms with Crippen LogP contribution in [0.2, 0.25) is 10.0 Å². The third-order valence-electron chi connectivity index (χ3n) is 8.86. The van der Waals surface area contributed by atoms with Gasteiger partial charge in [-0.05, 0) is 24.3 Å². The van der Waals surface area contributed by atoms with Crippen LogP contribution in [-0.4, -0.2) is 106 Å². The molecule has 2 fully saturated rings. The van der Waals surface area contributed by atoms with Gasteiger partial charge in [0.25, 0.3) is 5.91 Å². The van der Waals surface area contributed by atoms with Crippen LogP contribution in [0, 0.1) is 17.1 Å². The second kappa shape index (κ2) is 14.6. The molecule has 1 amide bonds. The van der Waals surface area contributed by atoms with Gasteiger partial charge < -0.3 is 34.0 Å². The highest BCUT2D eigenvalue weighted by Gasteiger charge is 2.32. The Bertz CT molecular complexity index is 1740. The van der Waals surface area contributed by atoms with E-state index < -0.39 is 23.7 Å². The number of hydrogen-bond donors (Lipinski definition) is 1. The quantitative estimate of drug-likeness (QED) is 0.345. The monoisotopic (exact) mass is 697 g/mol. The fourth-order valence-corrected chi connectivity index (χ4v) is 7.03. The summed E-state index contributed by atoms with van der Waals surface area (Å²) in [6.45, 7) is 4.94. The van der Waals surface area contributed by atoms with E-state index in [0.717, 1.165) is 19.2 Å². The van der Waals surface area contributed by atoms with Gasteiger partial charge in [0.1, 0.15) is 17.6 Å². The minimum Gasteiger partial charge on any atom is -0.478 e. The molecule has 0 bridgehead atoms. The average Bonchev–Trinajstić information content (AvgIpc) is 3.10. The molecule has 3 aliphatic rings. The van der Waals surface area contributed by atoms with Crippen molar-refractivity contribution in [2.24, 2.45) is 0 Å². The first-order valence-corrected chi connectivity index (χ1v) is 16.3. The second-order valence-electron chi connectivity index (χ2n) is 11.7. The Morgan fingerprint density at radius 3 is 2.52 bits per heavy atom. The molecule has 1 unspecified atom stereocenters. The largest absolute Gasteiger partial charge is 0.478 e. The number of halogens is 3. The van der Waals surface area contributed by atoms with E-state index >= 15 is 4.39 Å². The van der Waals surface area contributed by atoms with Crippen LogP contribution in [0.15, 0.2) is 42.5 Å². The number of amides is 1. The minimum absolute atomic E-state index is 0.114. The normalized spacial score (nSPS) is 18.2. The molecular weight excluding hydrogens is 664 g/mol. The average molecular weight is 699 g/mol. The Hall–Kier alpha value is -4.12. The minimum atomic E-state index is -1.22. The number of nitriles is 1. The number of carbonyl (C=O) groups excluding carboxylic acids is 1. The molecule has 14 heteroatoms. The number of morpholine rings is 1. The van der Waals surface area contributed by atoms with Crippen molar-refractivity contribution in [2.45, 2.75) is 12.6 Å². The van der Waals surface area contributed by atoms with E-state index in [4.69, 9.17) is 37.4 Å². The molecular formula is C34H34Cl2FN5O6. The molecule has 3 aromatic rings. The van der Waals surface area contributed by atoms with Gasteiger partial charge in [-0.3, -0.25) is 9.69 Å². The van der Waals surface area contributed by atoms with Crippen LogP contribution < -0.4 is 14.5 Å². The van der Waals surface area contributed by atoms with E-state index in [0.29, 0.717) is 74.3 Å². The number of piperazine rings is 1. The predicted octanol–water partition coefficient (Wildman–Crippen LogP) is 4.99. The smallest absolute Gasteiger partial charge is 0.337 e. The van der Waals surface area contributed by atoms with E-state index in [1.54, 1.807) is 37.4 Å². The number of benzene rings is 3. The van der Waals surface area contributed by atoms with Crippen LogP contribution >= 0.6 is 23.2 Å². The summed E-state index contributed by atoms with van der Waals surface area (Å²) >= 11 is 13.4. The number of aromatic carboxylic acids is 1. The maximum absolute atomic E-state index is 15.5. The number of methoxy groups -OCH3 is 1. The number of anilines is 2. The van der Waals surface area contributed by atoms with Gasteiger partial charge >= 0.3 is 5.97 Å². The zero-order valence-corrected chi connectivity index (χ0v) is 27.8. The molecule has 6 rings (SSSR count). The van der Waals surface area contributed by atoms with Crippen molar-refractivity contribution in [1.29, 1.82) is 5.26 Å². The summed E-state index contributed by atoms with van der Waals surface area (Å²) in [6.07, 6.45) is 0. The van der Waals surface area contributed by atoms with Crippen molar-refractivity contribution in [3.63, 3.8) is 0 Å². The summed E-state index contributed by atoms with van der Waals surface area (Å²) in [7, 11) is 1.64. The topological polar surface area (TPSA) is 119 Å². The molecule has 0 aliphatic carbocycles. The number of hydrogen-bond acceptors (Lipinski definition) is 9. The van der Waals surface area contributed by atoms with Gasteiger partial charge in [-0.15, -0.1) is 0 Å². The number of nitrogens with zero attached hydrogens (tertiary/aromatic N) is 5. The number of rotatable bonds is 8. The van der Waals surface area contributed by atoms with Gasteiger partial charge in [0.15, 0.2) is 6.73 Å². The number of carboxylic acids is 1. The summed E-state index contributed by atoms with van der Waals surface area (Å²) in [6, 6.07) is 13.0. The van der Waals surface area contributed by atoms with Gasteiger partial charge in [-0.2, -0.15) is 5.26 Å². The van der Waals surface area contributed by atoms with E-state index in [1.807, 2.05) is 9.80 Å². The molecule has 0 saturated carbocycles. The lowest BCUT2D eigenvalue weighted by Gasteiger charge is -2.39. The van der Waals surface area contributed by atoms with Gasteiger partial charge in [-0.1, -0.05) is 41.4 Å². The maximum atomic E-state index is 15.5. The van der Waals surface area contributed by atoms with Crippen LogP contribution in [0.25, 0.3) is 11.1 Å². The highest BCUT2D eigenvalue weighted by atomic mass is 35.5. The van der Waals surface area contributed by atoms with E-state index in [2.05, 4.69) is 11.0 Å². The van der Waals surface area contributed by atoms with Crippen molar-refractivity contribution in [3.05, 3.63) is 75.0 Å². The standard InChI is InChI=1S/C34H34Cl2FN5O6/c1-46-10-7-39-5-6-42(23(17-38)19-39)22-13-27(35)31(28(36)14-22)33(43)41-18-21-3-2-4-24(32(21)48-20-41)25-16-30(40-8-11-47-12-9-40)26(34(44)45)15-29(25)37/h2-4,13-16,23H,5-12,18-20H2,1H3,(H,44,45). The van der Waals surface area contributed by atoms with E-state index in [1.165, 1.54) is 11.0 Å². The van der Waals surface area contributed by atoms with Crippen LogP contribution in [0.4, 0.5) is 15.8 Å². The summed E-state index contributed by atoms with van der Waals surface area (Å²) in [5.74, 6) is -1.97. The Kier molecular flexibility index (Phi) is 10.2. The number of fused-ring (bicyclic) bond motifs is 1. The van der Waals surface area contributed by atoms with E-state index in [-0.39, 0.29) is 40.0 Å². The zero-order valence-electron chi connectivity index (χ0n) is 26.3. The van der Waals surface area contributed by atoms with Gasteiger partial charge in [-0.25, -0.2) is 9.18 Å². The highest BCUT2D eigenvalue weighted by molar-refractivity contribution is 6.40. The molecule has 252 valence electrons. The third-order valence-corrected chi connectivity index (χ3v) is 9.46. The number of carbonyl (C=O) groups is 2. The molecule has 0 spiro atoms. The first-order valence-electron chi connectivity index (χ1n) is 15.5. The van der Waals surface area contributed by atoms with Crippen LogP contribution in [-0.2, 0) is 16.0 Å². The Labute approximate surface area is 287 Å². The fraction of sp³-hybridized carbons (Fsp3) is 0.382. The number of ether oxygens (including phenoxy) is 3. The Morgan fingerprint density at radius 2 is 1.83 bits per heavy atom. The molecule has 1 atom stereocenters.